The van der Waals surface area contributed by atoms with Crippen LogP contribution in [0.4, 0.5) is 0 Å². The highest BCUT2D eigenvalue weighted by Gasteiger charge is 2.18. The molecule has 2 N–H and O–H groups in total. The highest BCUT2D eigenvalue weighted by Crippen LogP contribution is 2.24. The quantitative estimate of drug-likeness (QED) is 0.760. The summed E-state index contributed by atoms with van der Waals surface area (Å²) in [5, 5.41) is 7.16. The largest absolute Gasteiger partial charge is 0.368 e. The zero-order valence-electron chi connectivity index (χ0n) is 10.5. The van der Waals surface area contributed by atoms with Gasteiger partial charge in [0, 0.05) is 5.39 Å². The lowest BCUT2D eigenvalue weighted by atomic mass is 10.3. The molecule has 3 aromatic heterocycles. The number of aryl methyl sites for hydroxylation is 1. The number of fused-ring (bicyclic) bond motifs is 3. The Morgan fingerprint density at radius 2 is 2.26 bits per heavy atom. The van der Waals surface area contributed by atoms with Gasteiger partial charge in [-0.3, -0.25) is 14.0 Å². The van der Waals surface area contributed by atoms with E-state index in [1.165, 1.54) is 0 Å². The van der Waals surface area contributed by atoms with Crippen LogP contribution in [0.3, 0.4) is 0 Å². The molecule has 0 unspecified atom stereocenters. The maximum absolute atomic E-state index is 12.4. The SMILES string of the molecule is Cc1nn([C@H](C)C(N)=O)c(=O)c2cc3ccsc3n12. The van der Waals surface area contributed by atoms with Gasteiger partial charge in [0.1, 0.15) is 22.2 Å². The maximum Gasteiger partial charge on any atom is 0.291 e. The summed E-state index contributed by atoms with van der Waals surface area (Å²) in [6, 6.07) is 3.00. The summed E-state index contributed by atoms with van der Waals surface area (Å²) in [6.07, 6.45) is 0. The van der Waals surface area contributed by atoms with Crippen LogP contribution in [-0.4, -0.2) is 20.1 Å². The van der Waals surface area contributed by atoms with Crippen LogP contribution in [-0.2, 0) is 4.79 Å². The number of carbonyl (C=O) groups is 1. The van der Waals surface area contributed by atoms with Crippen molar-refractivity contribution in [1.82, 2.24) is 14.2 Å². The number of amides is 1. The number of nitrogens with two attached hydrogens (primary N) is 1. The fraction of sp³-hybridized carbons (Fsp3) is 0.250. The first-order valence-corrected chi connectivity index (χ1v) is 6.66. The molecular formula is C12H12N4O2S. The van der Waals surface area contributed by atoms with Gasteiger partial charge < -0.3 is 5.73 Å². The van der Waals surface area contributed by atoms with Crippen molar-refractivity contribution in [2.75, 3.05) is 0 Å². The third kappa shape index (κ3) is 1.58. The van der Waals surface area contributed by atoms with E-state index in [0.717, 1.165) is 14.9 Å². The fourth-order valence-electron chi connectivity index (χ4n) is 2.15. The second-order valence-electron chi connectivity index (χ2n) is 4.42. The molecule has 3 heterocycles. The van der Waals surface area contributed by atoms with Crippen LogP contribution in [0.5, 0.6) is 0 Å². The molecule has 6 nitrogen and oxygen atoms in total. The Hall–Kier alpha value is -2.15. The molecule has 19 heavy (non-hydrogen) atoms. The van der Waals surface area contributed by atoms with Gasteiger partial charge in [0.05, 0.1) is 0 Å². The van der Waals surface area contributed by atoms with E-state index in [2.05, 4.69) is 5.10 Å². The summed E-state index contributed by atoms with van der Waals surface area (Å²) < 4.78 is 2.96. The minimum atomic E-state index is -0.760. The minimum Gasteiger partial charge on any atom is -0.368 e. The molecule has 1 atom stereocenters. The second-order valence-corrected chi connectivity index (χ2v) is 5.32. The van der Waals surface area contributed by atoms with E-state index in [0.29, 0.717) is 11.3 Å². The smallest absolute Gasteiger partial charge is 0.291 e. The van der Waals surface area contributed by atoms with Crippen LogP contribution >= 0.6 is 11.3 Å². The van der Waals surface area contributed by atoms with Gasteiger partial charge in [0.25, 0.3) is 5.56 Å². The number of carbonyl (C=O) groups excluding carboxylic acids is 1. The number of rotatable bonds is 2. The zero-order chi connectivity index (χ0) is 13.7. The van der Waals surface area contributed by atoms with Gasteiger partial charge in [-0.2, -0.15) is 5.10 Å². The molecule has 0 saturated heterocycles. The van der Waals surface area contributed by atoms with Crippen LogP contribution in [0, 0.1) is 6.92 Å². The van der Waals surface area contributed by atoms with Gasteiger partial charge in [0.15, 0.2) is 0 Å². The molecule has 0 saturated carbocycles. The predicted octanol–water partition coefficient (Wildman–Crippen LogP) is 1.07. The van der Waals surface area contributed by atoms with Crippen LogP contribution in [0.2, 0.25) is 0 Å². The van der Waals surface area contributed by atoms with Crippen molar-refractivity contribution < 1.29 is 4.79 Å². The number of aromatic nitrogens is 3. The van der Waals surface area contributed by atoms with E-state index in [-0.39, 0.29) is 5.56 Å². The first-order chi connectivity index (χ1) is 9.00. The average molecular weight is 276 g/mol. The molecule has 0 bridgehead atoms. The predicted molar refractivity (Wildman–Crippen MR) is 73.5 cm³/mol. The van der Waals surface area contributed by atoms with Crippen molar-refractivity contribution in [3.05, 3.63) is 33.7 Å². The number of thiophene rings is 1. The number of hydrogen-bond donors (Lipinski definition) is 1. The Morgan fingerprint density at radius 1 is 1.53 bits per heavy atom. The first-order valence-electron chi connectivity index (χ1n) is 5.78. The molecule has 7 heteroatoms. The Morgan fingerprint density at radius 3 is 2.95 bits per heavy atom. The lowest BCUT2D eigenvalue weighted by Crippen LogP contribution is -2.35. The molecule has 3 rings (SSSR count). The summed E-state index contributed by atoms with van der Waals surface area (Å²) >= 11 is 1.55. The molecule has 0 aromatic carbocycles. The van der Waals surface area contributed by atoms with E-state index in [9.17, 15) is 9.59 Å². The molecule has 0 aliphatic heterocycles. The van der Waals surface area contributed by atoms with Crippen LogP contribution < -0.4 is 11.3 Å². The summed E-state index contributed by atoms with van der Waals surface area (Å²) in [6.45, 7) is 3.37. The Bertz CT molecular complexity index is 858. The van der Waals surface area contributed by atoms with Gasteiger partial charge in [-0.1, -0.05) is 0 Å². The van der Waals surface area contributed by atoms with Gasteiger partial charge in [-0.25, -0.2) is 4.68 Å². The topological polar surface area (TPSA) is 82.4 Å². The monoisotopic (exact) mass is 276 g/mol. The number of hydrogen-bond acceptors (Lipinski definition) is 4. The average Bonchev–Trinajstić information content (AvgIpc) is 2.92. The van der Waals surface area contributed by atoms with Crippen LogP contribution in [0.15, 0.2) is 22.3 Å². The van der Waals surface area contributed by atoms with Crippen molar-refractivity contribution in [2.45, 2.75) is 19.9 Å². The summed E-state index contributed by atoms with van der Waals surface area (Å²) in [5.74, 6) is 0.0758. The van der Waals surface area contributed by atoms with Crippen molar-refractivity contribution in [1.29, 1.82) is 0 Å². The van der Waals surface area contributed by atoms with Gasteiger partial charge in [0.2, 0.25) is 5.91 Å². The van der Waals surface area contributed by atoms with Gasteiger partial charge >= 0.3 is 0 Å². The zero-order valence-corrected chi connectivity index (χ0v) is 11.3. The van der Waals surface area contributed by atoms with E-state index >= 15 is 0 Å². The summed E-state index contributed by atoms with van der Waals surface area (Å²) in [5.41, 5.74) is 5.45. The van der Waals surface area contributed by atoms with Crippen molar-refractivity contribution >= 4 is 33.0 Å². The number of nitrogens with zero attached hydrogens (tertiary/aromatic N) is 3. The molecule has 0 aliphatic rings. The highest BCUT2D eigenvalue weighted by molar-refractivity contribution is 7.16. The molecule has 0 radical (unpaired) electrons. The Balaban J connectivity index is 2.43. The lowest BCUT2D eigenvalue weighted by Gasteiger charge is -2.12. The van der Waals surface area contributed by atoms with E-state index in [1.807, 2.05) is 21.9 Å². The van der Waals surface area contributed by atoms with Gasteiger partial charge in [-0.15, -0.1) is 11.3 Å². The van der Waals surface area contributed by atoms with Crippen molar-refractivity contribution in [2.24, 2.45) is 5.73 Å². The third-order valence-corrected chi connectivity index (χ3v) is 4.11. The third-order valence-electron chi connectivity index (χ3n) is 3.19. The molecule has 1 amide bonds. The van der Waals surface area contributed by atoms with E-state index in [1.54, 1.807) is 25.2 Å². The van der Waals surface area contributed by atoms with Crippen LogP contribution in [0.1, 0.15) is 18.8 Å². The number of primary amides is 1. The highest BCUT2D eigenvalue weighted by atomic mass is 32.1. The standard InChI is InChI=1S/C12H12N4O2S/c1-6(10(13)17)16-11(18)9-5-8-3-4-19-12(8)15(9)7(2)14-16/h3-6H,1-2H3,(H2,13,17)/t6-/m1/s1. The Labute approximate surface area is 112 Å². The molecule has 0 spiro atoms. The first kappa shape index (κ1) is 11.9. The second kappa shape index (κ2) is 3.92. The normalized spacial score (nSPS) is 13.2. The summed E-state index contributed by atoms with van der Waals surface area (Å²) in [7, 11) is 0. The van der Waals surface area contributed by atoms with Crippen LogP contribution in [0.25, 0.3) is 15.7 Å². The van der Waals surface area contributed by atoms with E-state index < -0.39 is 11.9 Å². The van der Waals surface area contributed by atoms with Crippen molar-refractivity contribution in [3.8, 4) is 0 Å². The molecule has 3 aromatic rings. The molecule has 0 fully saturated rings. The van der Waals surface area contributed by atoms with Crippen molar-refractivity contribution in [3.63, 3.8) is 0 Å². The minimum absolute atomic E-state index is 0.305. The molecular weight excluding hydrogens is 264 g/mol. The fourth-order valence-corrected chi connectivity index (χ4v) is 3.09. The maximum atomic E-state index is 12.4. The summed E-state index contributed by atoms with van der Waals surface area (Å²) in [4.78, 5) is 24.6. The van der Waals surface area contributed by atoms with E-state index in [4.69, 9.17) is 5.73 Å². The molecule has 98 valence electrons. The van der Waals surface area contributed by atoms with Gasteiger partial charge in [-0.05, 0) is 31.4 Å². The molecule has 0 aliphatic carbocycles. The Kier molecular flexibility index (Phi) is 2.46. The lowest BCUT2D eigenvalue weighted by molar-refractivity contribution is -0.121.